The lowest BCUT2D eigenvalue weighted by Gasteiger charge is -2.25. The van der Waals surface area contributed by atoms with Gasteiger partial charge in [-0.15, -0.1) is 0 Å². The van der Waals surface area contributed by atoms with Crippen molar-refractivity contribution >= 4 is 33.2 Å². The van der Waals surface area contributed by atoms with Gasteiger partial charge in [-0.3, -0.25) is 4.79 Å². The summed E-state index contributed by atoms with van der Waals surface area (Å²) in [4.78, 5) is 13.2. The second kappa shape index (κ2) is 7.85. The minimum Gasteiger partial charge on any atom is -0.324 e. The molecular formula is C21H25ClN2O3S. The van der Waals surface area contributed by atoms with Crippen LogP contribution in [0.2, 0.25) is 5.02 Å². The highest BCUT2D eigenvalue weighted by Gasteiger charge is 2.40. The van der Waals surface area contributed by atoms with Gasteiger partial charge >= 0.3 is 0 Å². The summed E-state index contributed by atoms with van der Waals surface area (Å²) in [5.41, 5.74) is 3.90. The fraction of sp³-hybridized carbons (Fsp3) is 0.381. The van der Waals surface area contributed by atoms with Gasteiger partial charge in [0.25, 0.3) is 0 Å². The summed E-state index contributed by atoms with van der Waals surface area (Å²) in [6.45, 7) is 7.73. The molecule has 1 atom stereocenters. The first-order chi connectivity index (χ1) is 13.1. The Kier molecular flexibility index (Phi) is 5.84. The molecule has 1 unspecified atom stereocenters. The molecule has 1 amide bonds. The van der Waals surface area contributed by atoms with Crippen molar-refractivity contribution in [1.29, 1.82) is 0 Å². The number of benzene rings is 2. The molecule has 1 aliphatic rings. The molecule has 1 heterocycles. The lowest BCUT2D eigenvalue weighted by molar-refractivity contribution is -0.119. The minimum absolute atomic E-state index is 0.306. The van der Waals surface area contributed by atoms with E-state index in [1.165, 1.54) is 4.31 Å². The zero-order valence-electron chi connectivity index (χ0n) is 16.5. The Labute approximate surface area is 171 Å². The van der Waals surface area contributed by atoms with E-state index in [1.807, 2.05) is 26.0 Å². The van der Waals surface area contributed by atoms with Gasteiger partial charge in [0.05, 0.1) is 4.90 Å². The average molecular weight is 421 g/mol. The van der Waals surface area contributed by atoms with Gasteiger partial charge in [-0.1, -0.05) is 29.3 Å². The molecule has 0 bridgehead atoms. The number of sulfonamides is 1. The fourth-order valence-corrected chi connectivity index (χ4v) is 6.26. The molecule has 0 radical (unpaired) electrons. The Hall–Kier alpha value is -1.89. The third-order valence-corrected chi connectivity index (χ3v) is 7.57. The van der Waals surface area contributed by atoms with E-state index in [0.29, 0.717) is 46.1 Å². The third-order valence-electron chi connectivity index (χ3n) is 5.12. The van der Waals surface area contributed by atoms with Gasteiger partial charge in [-0.25, -0.2) is 8.42 Å². The van der Waals surface area contributed by atoms with Crippen molar-refractivity contribution in [3.8, 4) is 0 Å². The molecule has 1 N–H and O–H groups in total. The van der Waals surface area contributed by atoms with E-state index < -0.39 is 16.1 Å². The van der Waals surface area contributed by atoms with Gasteiger partial charge in [-0.2, -0.15) is 4.31 Å². The van der Waals surface area contributed by atoms with Crippen molar-refractivity contribution < 1.29 is 13.2 Å². The van der Waals surface area contributed by atoms with Crippen LogP contribution in [0.4, 0.5) is 5.69 Å². The predicted molar refractivity (Wildman–Crippen MR) is 112 cm³/mol. The number of anilines is 1. The van der Waals surface area contributed by atoms with Crippen molar-refractivity contribution in [2.45, 2.75) is 51.5 Å². The highest BCUT2D eigenvalue weighted by Crippen LogP contribution is 2.31. The fourth-order valence-electron chi connectivity index (χ4n) is 3.96. The van der Waals surface area contributed by atoms with E-state index in [-0.39, 0.29) is 5.91 Å². The van der Waals surface area contributed by atoms with Crippen molar-refractivity contribution in [2.75, 3.05) is 11.9 Å². The number of amides is 1. The maximum absolute atomic E-state index is 13.4. The minimum atomic E-state index is -3.77. The maximum Gasteiger partial charge on any atom is 0.244 e. The van der Waals surface area contributed by atoms with Crippen LogP contribution >= 0.6 is 11.6 Å². The van der Waals surface area contributed by atoms with Gasteiger partial charge in [0.15, 0.2) is 0 Å². The average Bonchev–Trinajstić information content (AvgIpc) is 3.06. The number of rotatable bonds is 4. The Morgan fingerprint density at radius 1 is 1.07 bits per heavy atom. The molecule has 150 valence electrons. The summed E-state index contributed by atoms with van der Waals surface area (Å²) in [5, 5.41) is 3.46. The summed E-state index contributed by atoms with van der Waals surface area (Å²) in [5.74, 6) is -0.311. The molecule has 28 heavy (non-hydrogen) atoms. The number of carbonyl (C=O) groups excluding carboxylic acids is 1. The van der Waals surface area contributed by atoms with Crippen LogP contribution in [0, 0.1) is 27.7 Å². The zero-order chi connectivity index (χ0) is 20.6. The number of aryl methyl sites for hydroxylation is 4. The van der Waals surface area contributed by atoms with Crippen LogP contribution < -0.4 is 5.32 Å². The second-order valence-electron chi connectivity index (χ2n) is 7.45. The van der Waals surface area contributed by atoms with Gasteiger partial charge < -0.3 is 5.32 Å². The highest BCUT2D eigenvalue weighted by molar-refractivity contribution is 7.89. The standard InChI is InChI=1S/C21H25ClN2O3S/c1-13-10-15(3)20(16(4)11-13)28(26,27)24-9-5-6-19(24)21(25)23-18-8-7-17(22)12-14(18)2/h7-8,10-12,19H,5-6,9H2,1-4H3,(H,23,25). The first-order valence-corrected chi connectivity index (χ1v) is 11.1. The normalized spacial score (nSPS) is 17.7. The molecule has 0 saturated carbocycles. The SMILES string of the molecule is Cc1cc(C)c(S(=O)(=O)N2CCCC2C(=O)Nc2ccc(Cl)cc2C)c(C)c1. The first-order valence-electron chi connectivity index (χ1n) is 9.28. The Bertz CT molecular complexity index is 1010. The quantitative estimate of drug-likeness (QED) is 0.798. The molecule has 1 fully saturated rings. The highest BCUT2D eigenvalue weighted by atomic mass is 35.5. The van der Waals surface area contributed by atoms with Crippen molar-refractivity contribution in [2.24, 2.45) is 0 Å². The molecule has 0 aromatic heterocycles. The lowest BCUT2D eigenvalue weighted by Crippen LogP contribution is -2.43. The van der Waals surface area contributed by atoms with E-state index in [9.17, 15) is 13.2 Å². The maximum atomic E-state index is 13.4. The number of carbonyl (C=O) groups is 1. The number of nitrogens with one attached hydrogen (secondary N) is 1. The molecular weight excluding hydrogens is 396 g/mol. The number of nitrogens with zero attached hydrogens (tertiary/aromatic N) is 1. The van der Waals surface area contributed by atoms with Crippen LogP contribution in [0.25, 0.3) is 0 Å². The first kappa shape index (κ1) is 20.8. The Balaban J connectivity index is 1.91. The number of hydrogen-bond donors (Lipinski definition) is 1. The molecule has 2 aromatic carbocycles. The molecule has 3 rings (SSSR count). The van der Waals surface area contributed by atoms with Crippen molar-refractivity contribution in [1.82, 2.24) is 4.31 Å². The molecule has 2 aromatic rings. The lowest BCUT2D eigenvalue weighted by atomic mass is 10.1. The Morgan fingerprint density at radius 2 is 1.71 bits per heavy atom. The topological polar surface area (TPSA) is 66.5 Å². The van der Waals surface area contributed by atoms with E-state index >= 15 is 0 Å². The molecule has 1 saturated heterocycles. The largest absolute Gasteiger partial charge is 0.324 e. The smallest absolute Gasteiger partial charge is 0.244 e. The zero-order valence-corrected chi connectivity index (χ0v) is 18.1. The molecule has 1 aliphatic heterocycles. The van der Waals surface area contributed by atoms with Gasteiger partial charge in [0.2, 0.25) is 15.9 Å². The number of hydrogen-bond acceptors (Lipinski definition) is 3. The van der Waals surface area contributed by atoms with E-state index in [2.05, 4.69) is 5.32 Å². The Morgan fingerprint density at radius 3 is 2.32 bits per heavy atom. The van der Waals surface area contributed by atoms with Gasteiger partial charge in [0, 0.05) is 17.3 Å². The van der Waals surface area contributed by atoms with E-state index in [1.54, 1.807) is 32.0 Å². The summed E-state index contributed by atoms with van der Waals surface area (Å²) in [6, 6.07) is 8.20. The van der Waals surface area contributed by atoms with Gasteiger partial charge in [-0.05, 0) is 75.4 Å². The summed E-state index contributed by atoms with van der Waals surface area (Å²) in [7, 11) is -3.77. The summed E-state index contributed by atoms with van der Waals surface area (Å²) in [6.07, 6.45) is 1.16. The van der Waals surface area contributed by atoms with E-state index in [4.69, 9.17) is 11.6 Å². The van der Waals surface area contributed by atoms with Crippen LogP contribution in [0.15, 0.2) is 35.2 Å². The van der Waals surface area contributed by atoms with Crippen LogP contribution in [0.5, 0.6) is 0 Å². The monoisotopic (exact) mass is 420 g/mol. The second-order valence-corrected chi connectivity index (χ2v) is 9.71. The third kappa shape index (κ3) is 3.95. The molecule has 0 aliphatic carbocycles. The molecule has 0 spiro atoms. The van der Waals surface area contributed by atoms with Crippen molar-refractivity contribution in [3.63, 3.8) is 0 Å². The van der Waals surface area contributed by atoms with E-state index in [0.717, 1.165) is 11.1 Å². The molecule has 7 heteroatoms. The van der Waals surface area contributed by atoms with Crippen LogP contribution in [0.1, 0.15) is 35.1 Å². The predicted octanol–water partition coefficient (Wildman–Crippen LogP) is 4.37. The van der Waals surface area contributed by atoms with Crippen LogP contribution in [-0.4, -0.2) is 31.2 Å². The molecule has 5 nitrogen and oxygen atoms in total. The number of halogens is 1. The van der Waals surface area contributed by atoms with Crippen molar-refractivity contribution in [3.05, 3.63) is 57.6 Å². The van der Waals surface area contributed by atoms with Crippen LogP contribution in [0.3, 0.4) is 0 Å². The van der Waals surface area contributed by atoms with Gasteiger partial charge in [0.1, 0.15) is 6.04 Å². The summed E-state index contributed by atoms with van der Waals surface area (Å²) < 4.78 is 28.1. The summed E-state index contributed by atoms with van der Waals surface area (Å²) >= 11 is 5.97. The van der Waals surface area contributed by atoms with Crippen LogP contribution in [-0.2, 0) is 14.8 Å².